The molecule has 0 unspecified atom stereocenters. The van der Waals surface area contributed by atoms with Gasteiger partial charge in [-0.15, -0.1) is 6.58 Å². The van der Waals surface area contributed by atoms with Crippen molar-refractivity contribution in [1.29, 1.82) is 0 Å². The molecule has 0 radical (unpaired) electrons. The minimum absolute atomic E-state index is 0.00752. The smallest absolute Gasteiger partial charge is 0.310 e. The number of benzene rings is 1. The van der Waals surface area contributed by atoms with Gasteiger partial charge in [-0.05, 0) is 84.0 Å². The van der Waals surface area contributed by atoms with Gasteiger partial charge in [0, 0.05) is 17.9 Å². The van der Waals surface area contributed by atoms with Crippen molar-refractivity contribution in [3.63, 3.8) is 0 Å². The second-order valence-electron chi connectivity index (χ2n) is 17.1. The van der Waals surface area contributed by atoms with E-state index in [2.05, 4.69) is 61.1 Å². The summed E-state index contributed by atoms with van der Waals surface area (Å²) in [5.74, 6) is 1.56. The second kappa shape index (κ2) is 12.2. The number of allylic oxidation sites excluding steroid dienone is 1. The van der Waals surface area contributed by atoms with E-state index in [9.17, 15) is 4.79 Å². The Bertz CT molecular complexity index is 1320. The predicted octanol–water partition coefficient (Wildman–Crippen LogP) is 8.82. The molecule has 1 aromatic carbocycles. The second-order valence-corrected chi connectivity index (χ2v) is 17.1. The maximum absolute atomic E-state index is 14.6. The van der Waals surface area contributed by atoms with E-state index in [1.807, 2.05) is 43.5 Å². The first-order valence-corrected chi connectivity index (χ1v) is 18.1. The van der Waals surface area contributed by atoms with Gasteiger partial charge in [-0.3, -0.25) is 4.79 Å². The standard InChI is InChI=1S/C41H60O5/c1-10-22-45-35-32(43-9)23-41-26-44-25-38(35,6)33(41)17-16-30-31(41)18-19-40(8)34(36(42)46-24-29-14-12-11-13-15-29)37(5,28(4)27(2)3)20-21-39(30,40)7/h10-15,18,27-28,30,32-35H,1,16-17,19-26H2,2-9H3/t28-,30+,32-,33+,34-,35+,37-,38+,39-,40+,41+/m1/s1. The van der Waals surface area contributed by atoms with Crippen LogP contribution in [-0.2, 0) is 30.3 Å². The summed E-state index contributed by atoms with van der Waals surface area (Å²) in [6.45, 7) is 23.0. The van der Waals surface area contributed by atoms with Gasteiger partial charge in [0.1, 0.15) is 6.61 Å². The van der Waals surface area contributed by atoms with Crippen LogP contribution in [-0.4, -0.2) is 45.1 Å². The largest absolute Gasteiger partial charge is 0.461 e. The van der Waals surface area contributed by atoms with Gasteiger partial charge < -0.3 is 18.9 Å². The lowest BCUT2D eigenvalue weighted by Gasteiger charge is -2.71. The number of rotatable bonds is 9. The number of hydrogen-bond acceptors (Lipinski definition) is 5. The van der Waals surface area contributed by atoms with E-state index in [0.29, 0.717) is 43.5 Å². The van der Waals surface area contributed by atoms with Crippen LogP contribution in [0.15, 0.2) is 54.6 Å². The van der Waals surface area contributed by atoms with Crippen LogP contribution in [0.5, 0.6) is 0 Å². The predicted molar refractivity (Wildman–Crippen MR) is 183 cm³/mol. The van der Waals surface area contributed by atoms with Crippen molar-refractivity contribution in [3.05, 3.63) is 60.2 Å². The molecular formula is C41H60O5. The van der Waals surface area contributed by atoms with E-state index in [1.165, 1.54) is 0 Å². The van der Waals surface area contributed by atoms with E-state index >= 15 is 0 Å². The van der Waals surface area contributed by atoms with Crippen molar-refractivity contribution in [1.82, 2.24) is 0 Å². The Morgan fingerprint density at radius 1 is 1.04 bits per heavy atom. The molecule has 2 bridgehead atoms. The summed E-state index contributed by atoms with van der Waals surface area (Å²) in [5.41, 5.74) is 2.04. The van der Waals surface area contributed by atoms with Crippen molar-refractivity contribution in [2.45, 2.75) is 106 Å². The van der Waals surface area contributed by atoms with Crippen molar-refractivity contribution >= 4 is 5.97 Å². The lowest BCUT2D eigenvalue weighted by molar-refractivity contribution is -0.265. The number of fused-ring (bicyclic) bond motifs is 3. The highest BCUT2D eigenvalue weighted by Crippen LogP contribution is 2.75. The minimum Gasteiger partial charge on any atom is -0.461 e. The summed E-state index contributed by atoms with van der Waals surface area (Å²) in [5, 5.41) is 0. The van der Waals surface area contributed by atoms with Crippen LogP contribution in [0.25, 0.3) is 0 Å². The van der Waals surface area contributed by atoms with Crippen LogP contribution in [0.3, 0.4) is 0 Å². The van der Waals surface area contributed by atoms with E-state index in [1.54, 1.807) is 5.57 Å². The van der Waals surface area contributed by atoms with Crippen LogP contribution >= 0.6 is 0 Å². The molecule has 11 atom stereocenters. The molecule has 254 valence electrons. The monoisotopic (exact) mass is 632 g/mol. The molecule has 1 heterocycles. The summed E-state index contributed by atoms with van der Waals surface area (Å²) < 4.78 is 25.7. The number of carbonyl (C=O) groups is 1. The van der Waals surface area contributed by atoms with Gasteiger partial charge in [-0.2, -0.15) is 0 Å². The van der Waals surface area contributed by atoms with E-state index in [0.717, 1.165) is 50.7 Å². The summed E-state index contributed by atoms with van der Waals surface area (Å²) in [7, 11) is 1.85. The number of esters is 1. The molecule has 0 N–H and O–H groups in total. The molecule has 4 fully saturated rings. The highest BCUT2D eigenvalue weighted by atomic mass is 16.5. The van der Waals surface area contributed by atoms with Crippen molar-refractivity contribution in [2.24, 2.45) is 56.7 Å². The third-order valence-electron chi connectivity index (χ3n) is 15.0. The third kappa shape index (κ3) is 4.84. The molecule has 1 aromatic rings. The molecule has 46 heavy (non-hydrogen) atoms. The Morgan fingerprint density at radius 3 is 2.46 bits per heavy atom. The zero-order chi connectivity index (χ0) is 33.1. The summed E-state index contributed by atoms with van der Waals surface area (Å²) in [4.78, 5) is 14.6. The van der Waals surface area contributed by atoms with Gasteiger partial charge in [0.25, 0.3) is 0 Å². The maximum atomic E-state index is 14.6. The van der Waals surface area contributed by atoms with Gasteiger partial charge in [-0.1, -0.05) is 96.5 Å². The van der Waals surface area contributed by atoms with Crippen LogP contribution in [0.4, 0.5) is 0 Å². The molecule has 1 saturated heterocycles. The average molecular weight is 633 g/mol. The third-order valence-corrected chi connectivity index (χ3v) is 15.0. The summed E-state index contributed by atoms with van der Waals surface area (Å²) in [6.07, 6.45) is 10.7. The van der Waals surface area contributed by atoms with Crippen LogP contribution in [0.2, 0.25) is 0 Å². The van der Waals surface area contributed by atoms with E-state index in [-0.39, 0.29) is 51.2 Å². The SMILES string of the molecule is C=CCO[C@H]1[C@H](OC)C[C@@]23COC[C@@]1(C)[C@@H]2CC[C@H]1C3=CC[C@@]2(C)[C@H](C(=O)OCc3ccccc3)[C@@](C)([C@H](C)C(C)C)CC[C@]12C. The fourth-order valence-electron chi connectivity index (χ4n) is 12.0. The molecule has 0 amide bonds. The zero-order valence-corrected chi connectivity index (χ0v) is 29.9. The number of ether oxygens (including phenoxy) is 4. The first kappa shape index (κ1) is 33.9. The Morgan fingerprint density at radius 2 is 1.78 bits per heavy atom. The van der Waals surface area contributed by atoms with Gasteiger partial charge in [-0.25, -0.2) is 0 Å². The average Bonchev–Trinajstić information content (AvgIpc) is 3.03. The quantitative estimate of drug-likeness (QED) is 0.201. The van der Waals surface area contributed by atoms with Gasteiger partial charge in [0.2, 0.25) is 0 Å². The van der Waals surface area contributed by atoms with Gasteiger partial charge in [0.15, 0.2) is 0 Å². The van der Waals surface area contributed by atoms with Crippen molar-refractivity contribution in [2.75, 3.05) is 26.9 Å². The van der Waals surface area contributed by atoms with Crippen LogP contribution in [0.1, 0.15) is 92.6 Å². The van der Waals surface area contributed by atoms with Gasteiger partial charge >= 0.3 is 5.97 Å². The molecule has 5 aliphatic rings. The molecule has 5 heteroatoms. The number of hydrogen-bond donors (Lipinski definition) is 0. The Balaban J connectivity index is 1.41. The highest BCUT2D eigenvalue weighted by Gasteiger charge is 2.71. The maximum Gasteiger partial charge on any atom is 0.310 e. The molecule has 0 aromatic heterocycles. The lowest BCUT2D eigenvalue weighted by Crippen LogP contribution is -2.70. The number of methoxy groups -OCH3 is 1. The summed E-state index contributed by atoms with van der Waals surface area (Å²) in [6, 6.07) is 10.1. The Kier molecular flexibility index (Phi) is 8.99. The zero-order valence-electron chi connectivity index (χ0n) is 29.9. The van der Waals surface area contributed by atoms with E-state index in [4.69, 9.17) is 18.9 Å². The number of carbonyl (C=O) groups excluding carboxylic acids is 1. The Hall–Kier alpha value is -1.95. The fourth-order valence-corrected chi connectivity index (χ4v) is 12.0. The molecule has 1 aliphatic heterocycles. The van der Waals surface area contributed by atoms with Crippen LogP contribution < -0.4 is 0 Å². The van der Waals surface area contributed by atoms with Crippen molar-refractivity contribution in [3.8, 4) is 0 Å². The van der Waals surface area contributed by atoms with Gasteiger partial charge in [0.05, 0.1) is 37.9 Å². The lowest BCUT2D eigenvalue weighted by atomic mass is 9.34. The minimum atomic E-state index is -0.224. The topological polar surface area (TPSA) is 54.0 Å². The van der Waals surface area contributed by atoms with Crippen LogP contribution in [0, 0.1) is 56.7 Å². The molecule has 3 saturated carbocycles. The molecule has 0 spiro atoms. The fraction of sp³-hybridized carbons (Fsp3) is 0.732. The first-order chi connectivity index (χ1) is 21.8. The molecule has 5 nitrogen and oxygen atoms in total. The first-order valence-electron chi connectivity index (χ1n) is 18.1. The molecular weight excluding hydrogens is 572 g/mol. The van der Waals surface area contributed by atoms with Crippen molar-refractivity contribution < 1.29 is 23.7 Å². The Labute approximate surface area is 278 Å². The van der Waals surface area contributed by atoms with E-state index < -0.39 is 0 Å². The summed E-state index contributed by atoms with van der Waals surface area (Å²) >= 11 is 0. The molecule has 6 rings (SSSR count). The molecule has 4 aliphatic carbocycles. The normalized spacial score (nSPS) is 43.8. The highest BCUT2D eigenvalue weighted by molar-refractivity contribution is 5.75.